The molecular weight excluding hydrogens is 350 g/mol. The van der Waals surface area contributed by atoms with E-state index in [-0.39, 0.29) is 0 Å². The highest BCUT2D eigenvalue weighted by Gasteiger charge is 2.19. The minimum absolute atomic E-state index is 0.434. The summed E-state index contributed by atoms with van der Waals surface area (Å²) >= 11 is 1.47. The lowest BCUT2D eigenvalue weighted by Gasteiger charge is -2.02. The highest BCUT2D eigenvalue weighted by molar-refractivity contribution is 7.15. The number of hydrogen-bond donors (Lipinski definition) is 1. The molecule has 1 N–H and O–H groups in total. The third-order valence-electron chi connectivity index (χ3n) is 4.27. The molecule has 5 rings (SSSR count). The number of carbonyl (C=O) groups excluding carboxylic acids is 1. The van der Waals surface area contributed by atoms with E-state index in [1.54, 1.807) is 12.1 Å². The summed E-state index contributed by atoms with van der Waals surface area (Å²) < 4.78 is 6.98. The van der Waals surface area contributed by atoms with Crippen LogP contribution in [-0.2, 0) is 0 Å². The summed E-state index contributed by atoms with van der Waals surface area (Å²) in [6, 6.07) is 15.1. The zero-order chi connectivity index (χ0) is 17.7. The average molecular weight is 361 g/mol. The zero-order valence-electron chi connectivity index (χ0n) is 13.3. The summed E-state index contributed by atoms with van der Waals surface area (Å²) in [5.41, 5.74) is 4.73. The smallest absolute Gasteiger partial charge is 0.408 e. The fraction of sp³-hybridized carbons (Fsp3) is 0. The first-order valence-electron chi connectivity index (χ1n) is 7.88. The number of benzene rings is 2. The maximum absolute atomic E-state index is 11.9. The number of hydrogen-bond acceptors (Lipinski definition) is 5. The summed E-state index contributed by atoms with van der Waals surface area (Å²) in [7, 11) is 0. The van der Waals surface area contributed by atoms with Gasteiger partial charge in [0.25, 0.3) is 0 Å². The number of imidazole rings is 1. The number of fused-ring (bicyclic) bond motifs is 2. The van der Waals surface area contributed by atoms with Gasteiger partial charge in [0.1, 0.15) is 11.4 Å². The number of thiazole rings is 1. The van der Waals surface area contributed by atoms with Gasteiger partial charge < -0.3 is 4.42 Å². The molecule has 0 saturated heterocycles. The van der Waals surface area contributed by atoms with Gasteiger partial charge in [-0.25, -0.2) is 9.78 Å². The second-order valence-corrected chi connectivity index (χ2v) is 6.63. The Morgan fingerprint density at radius 2 is 1.96 bits per heavy atom. The predicted molar refractivity (Wildman–Crippen MR) is 99.7 cm³/mol. The van der Waals surface area contributed by atoms with Gasteiger partial charge in [0.2, 0.25) is 0 Å². The molecule has 3 heterocycles. The lowest BCUT2D eigenvalue weighted by molar-refractivity contribution is 0.111. The third kappa shape index (κ3) is 2.14. The van der Waals surface area contributed by atoms with E-state index in [1.807, 2.05) is 46.2 Å². The molecule has 0 saturated carbocycles. The highest BCUT2D eigenvalue weighted by Crippen LogP contribution is 2.32. The number of H-pyrrole nitrogens is 1. The minimum Gasteiger partial charge on any atom is -0.408 e. The van der Waals surface area contributed by atoms with Crippen LogP contribution in [0.5, 0.6) is 0 Å². The van der Waals surface area contributed by atoms with Gasteiger partial charge in [-0.05, 0) is 17.7 Å². The van der Waals surface area contributed by atoms with Crippen molar-refractivity contribution >= 4 is 33.7 Å². The number of rotatable bonds is 3. The van der Waals surface area contributed by atoms with E-state index >= 15 is 0 Å². The molecule has 0 spiro atoms. The molecule has 126 valence electrons. The van der Waals surface area contributed by atoms with Crippen LogP contribution in [-0.4, -0.2) is 20.7 Å². The van der Waals surface area contributed by atoms with Crippen LogP contribution in [0, 0.1) is 0 Å². The van der Waals surface area contributed by atoms with Crippen molar-refractivity contribution in [3.05, 3.63) is 70.2 Å². The molecule has 0 aliphatic rings. The Labute approximate surface area is 150 Å². The lowest BCUT2D eigenvalue weighted by Crippen LogP contribution is -1.94. The van der Waals surface area contributed by atoms with Gasteiger partial charge >= 0.3 is 5.76 Å². The largest absolute Gasteiger partial charge is 0.417 e. The van der Waals surface area contributed by atoms with Gasteiger partial charge in [-0.15, -0.1) is 11.3 Å². The van der Waals surface area contributed by atoms with Gasteiger partial charge in [0, 0.05) is 10.9 Å². The average Bonchev–Trinajstić information content (AvgIpc) is 3.33. The van der Waals surface area contributed by atoms with Crippen LogP contribution in [0.2, 0.25) is 0 Å². The molecule has 0 bridgehead atoms. The van der Waals surface area contributed by atoms with Gasteiger partial charge in [-0.3, -0.25) is 14.2 Å². The SMILES string of the molecule is O=Cc1c(-c2ccc3[nH]c(=O)oc3c2)nc2scc(-c3ccccc3)n12. The number of nitrogens with one attached hydrogen (secondary N) is 1. The van der Waals surface area contributed by atoms with Crippen LogP contribution >= 0.6 is 11.3 Å². The Bertz CT molecular complexity index is 1320. The van der Waals surface area contributed by atoms with E-state index in [1.165, 1.54) is 11.3 Å². The number of oxazole rings is 1. The van der Waals surface area contributed by atoms with Crippen LogP contribution in [0.4, 0.5) is 0 Å². The number of carbonyl (C=O) groups is 1. The van der Waals surface area contributed by atoms with Crippen molar-refractivity contribution in [2.75, 3.05) is 0 Å². The first kappa shape index (κ1) is 14.9. The Balaban J connectivity index is 1.76. The molecule has 7 heteroatoms. The molecule has 5 aromatic rings. The molecule has 0 atom stereocenters. The number of aldehydes is 1. The van der Waals surface area contributed by atoms with Crippen molar-refractivity contribution in [3.63, 3.8) is 0 Å². The van der Waals surface area contributed by atoms with Crippen molar-refractivity contribution < 1.29 is 9.21 Å². The topological polar surface area (TPSA) is 80.4 Å². The number of aromatic nitrogens is 3. The minimum atomic E-state index is -0.509. The van der Waals surface area contributed by atoms with Gasteiger partial charge in [0.15, 0.2) is 16.8 Å². The molecule has 0 fully saturated rings. The van der Waals surface area contributed by atoms with Gasteiger partial charge in [-0.2, -0.15) is 0 Å². The van der Waals surface area contributed by atoms with Crippen molar-refractivity contribution in [1.82, 2.24) is 14.4 Å². The maximum atomic E-state index is 11.9. The first-order valence-corrected chi connectivity index (χ1v) is 8.76. The van der Waals surface area contributed by atoms with Crippen molar-refractivity contribution in [2.45, 2.75) is 0 Å². The van der Waals surface area contributed by atoms with Crippen molar-refractivity contribution in [3.8, 4) is 22.5 Å². The monoisotopic (exact) mass is 361 g/mol. The molecule has 0 radical (unpaired) electrons. The van der Waals surface area contributed by atoms with Gasteiger partial charge in [-0.1, -0.05) is 36.4 Å². The molecule has 0 amide bonds. The van der Waals surface area contributed by atoms with E-state index in [2.05, 4.69) is 9.97 Å². The summed E-state index contributed by atoms with van der Waals surface area (Å²) in [4.78, 5) is 31.2. The van der Waals surface area contributed by atoms with Crippen LogP contribution in [0.1, 0.15) is 10.5 Å². The molecule has 0 aliphatic carbocycles. The fourth-order valence-electron chi connectivity index (χ4n) is 3.10. The summed E-state index contributed by atoms with van der Waals surface area (Å²) in [5.74, 6) is -0.509. The van der Waals surface area contributed by atoms with Gasteiger partial charge in [0.05, 0.1) is 11.2 Å². The standard InChI is InChI=1S/C19H11N3O3S/c23-9-14-17(12-6-7-13-16(8-12)25-19(24)20-13)21-18-22(14)15(10-26-18)11-4-2-1-3-5-11/h1-10H,(H,20,24). The van der Waals surface area contributed by atoms with E-state index in [9.17, 15) is 9.59 Å². The van der Waals surface area contributed by atoms with E-state index in [0.717, 1.165) is 28.1 Å². The van der Waals surface area contributed by atoms with Crippen LogP contribution in [0.15, 0.2) is 63.1 Å². The van der Waals surface area contributed by atoms with E-state index in [0.29, 0.717) is 22.5 Å². The van der Waals surface area contributed by atoms with Crippen molar-refractivity contribution in [1.29, 1.82) is 0 Å². The Morgan fingerprint density at radius 3 is 2.77 bits per heavy atom. The van der Waals surface area contributed by atoms with Crippen LogP contribution in [0.25, 0.3) is 38.6 Å². The molecule has 2 aromatic carbocycles. The molecule has 0 aliphatic heterocycles. The molecule has 0 unspecified atom stereocenters. The van der Waals surface area contributed by atoms with E-state index < -0.39 is 5.76 Å². The highest BCUT2D eigenvalue weighted by atomic mass is 32.1. The maximum Gasteiger partial charge on any atom is 0.417 e. The second-order valence-electron chi connectivity index (χ2n) is 5.79. The Morgan fingerprint density at radius 1 is 1.12 bits per heavy atom. The second kappa shape index (κ2) is 5.53. The third-order valence-corrected chi connectivity index (χ3v) is 5.10. The van der Waals surface area contributed by atoms with Crippen molar-refractivity contribution in [2.24, 2.45) is 0 Å². The summed E-state index contributed by atoms with van der Waals surface area (Å²) in [5, 5.41) is 1.99. The van der Waals surface area contributed by atoms with Crippen LogP contribution in [0.3, 0.4) is 0 Å². The first-order chi connectivity index (χ1) is 12.7. The molecule has 3 aromatic heterocycles. The zero-order valence-corrected chi connectivity index (χ0v) is 14.1. The summed E-state index contributed by atoms with van der Waals surface area (Å²) in [6.07, 6.45) is 0.811. The van der Waals surface area contributed by atoms with Crippen LogP contribution < -0.4 is 5.76 Å². The quantitative estimate of drug-likeness (QED) is 0.493. The Kier molecular flexibility index (Phi) is 3.16. The predicted octanol–water partition coefficient (Wildman–Crippen LogP) is 3.98. The molecular formula is C19H11N3O3S. The molecule has 6 nitrogen and oxygen atoms in total. The normalized spacial score (nSPS) is 11.4. The summed E-state index contributed by atoms with van der Waals surface area (Å²) in [6.45, 7) is 0. The fourth-order valence-corrected chi connectivity index (χ4v) is 4.01. The lowest BCUT2D eigenvalue weighted by atomic mass is 10.1. The number of nitrogens with zero attached hydrogens (tertiary/aromatic N) is 2. The number of aromatic amines is 1. The molecule has 26 heavy (non-hydrogen) atoms. The van der Waals surface area contributed by atoms with E-state index in [4.69, 9.17) is 4.42 Å². The Hall–Kier alpha value is -3.45.